The first-order valence-corrected chi connectivity index (χ1v) is 7.41. The molecule has 2 rings (SSSR count). The Hall–Kier alpha value is -3.02. The maximum atomic E-state index is 12.1. The molecule has 126 valence electrons. The van der Waals surface area contributed by atoms with Crippen molar-refractivity contribution in [1.29, 1.82) is 0 Å². The molecule has 0 saturated carbocycles. The van der Waals surface area contributed by atoms with Crippen molar-refractivity contribution in [2.24, 2.45) is 0 Å². The van der Waals surface area contributed by atoms with Crippen LogP contribution in [-0.2, 0) is 22.4 Å². The summed E-state index contributed by atoms with van der Waals surface area (Å²) in [4.78, 5) is 23.4. The number of phenolic OH excluding ortho intramolecular Hbond substituents is 1. The van der Waals surface area contributed by atoms with Gasteiger partial charge < -0.3 is 20.3 Å². The van der Waals surface area contributed by atoms with Gasteiger partial charge in [-0.1, -0.05) is 24.3 Å². The number of nitrogens with one attached hydrogen (secondary N) is 1. The fourth-order valence-corrected chi connectivity index (χ4v) is 2.24. The third-order valence-electron chi connectivity index (χ3n) is 3.53. The van der Waals surface area contributed by atoms with Crippen LogP contribution in [0.4, 0.5) is 0 Å². The number of ether oxygens (including phenoxy) is 1. The van der Waals surface area contributed by atoms with E-state index in [1.54, 1.807) is 43.5 Å². The number of phenols is 1. The van der Waals surface area contributed by atoms with Gasteiger partial charge in [0.1, 0.15) is 17.5 Å². The van der Waals surface area contributed by atoms with Gasteiger partial charge in [-0.15, -0.1) is 0 Å². The van der Waals surface area contributed by atoms with Gasteiger partial charge in [0.25, 0.3) is 0 Å². The molecule has 1 atom stereocenters. The van der Waals surface area contributed by atoms with Crippen molar-refractivity contribution in [2.75, 3.05) is 7.11 Å². The molecule has 2 aromatic carbocycles. The minimum atomic E-state index is -1.11. The van der Waals surface area contributed by atoms with Crippen LogP contribution in [0.2, 0.25) is 0 Å². The van der Waals surface area contributed by atoms with E-state index in [1.165, 1.54) is 12.1 Å². The van der Waals surface area contributed by atoms with Gasteiger partial charge in [-0.3, -0.25) is 4.79 Å². The molecule has 0 radical (unpaired) electrons. The van der Waals surface area contributed by atoms with Gasteiger partial charge in [0, 0.05) is 6.42 Å². The average molecular weight is 329 g/mol. The summed E-state index contributed by atoms with van der Waals surface area (Å²) in [6.07, 6.45) is 0.229. The van der Waals surface area contributed by atoms with Crippen LogP contribution in [0.3, 0.4) is 0 Å². The summed E-state index contributed by atoms with van der Waals surface area (Å²) < 4.78 is 5.05. The van der Waals surface area contributed by atoms with Crippen LogP contribution in [0.5, 0.6) is 11.5 Å². The number of carboxylic acids is 1. The number of carbonyl (C=O) groups is 2. The smallest absolute Gasteiger partial charge is 0.326 e. The van der Waals surface area contributed by atoms with Crippen molar-refractivity contribution in [2.45, 2.75) is 18.9 Å². The van der Waals surface area contributed by atoms with Gasteiger partial charge in [0.2, 0.25) is 5.91 Å². The molecule has 0 spiro atoms. The second-order valence-corrected chi connectivity index (χ2v) is 5.35. The second kappa shape index (κ2) is 8.01. The molecule has 3 N–H and O–H groups in total. The summed E-state index contributed by atoms with van der Waals surface area (Å²) >= 11 is 0. The number of carbonyl (C=O) groups excluding carboxylic acids is 1. The fraction of sp³-hybridized carbons (Fsp3) is 0.222. The second-order valence-electron chi connectivity index (χ2n) is 5.35. The normalized spacial score (nSPS) is 11.5. The minimum Gasteiger partial charge on any atom is -0.508 e. The van der Waals surface area contributed by atoms with Gasteiger partial charge in [-0.25, -0.2) is 4.79 Å². The molecule has 6 heteroatoms. The number of aliphatic carboxylic acids is 1. The molecule has 1 amide bonds. The highest BCUT2D eigenvalue weighted by atomic mass is 16.5. The van der Waals surface area contributed by atoms with Crippen molar-refractivity contribution in [1.82, 2.24) is 5.32 Å². The van der Waals surface area contributed by atoms with E-state index in [2.05, 4.69) is 5.32 Å². The molecule has 0 aromatic heterocycles. The number of rotatable bonds is 7. The third-order valence-corrected chi connectivity index (χ3v) is 3.53. The van der Waals surface area contributed by atoms with Crippen LogP contribution in [0.1, 0.15) is 11.1 Å². The van der Waals surface area contributed by atoms with Crippen molar-refractivity contribution < 1.29 is 24.5 Å². The summed E-state index contributed by atoms with van der Waals surface area (Å²) in [5.41, 5.74) is 1.48. The van der Waals surface area contributed by atoms with E-state index in [0.717, 1.165) is 5.56 Å². The predicted octanol–water partition coefficient (Wildman–Crippen LogP) is 1.76. The molecule has 0 aliphatic rings. The van der Waals surface area contributed by atoms with Crippen LogP contribution < -0.4 is 10.1 Å². The summed E-state index contributed by atoms with van der Waals surface area (Å²) in [6, 6.07) is 12.2. The van der Waals surface area contributed by atoms with E-state index in [0.29, 0.717) is 11.3 Å². The number of aromatic hydroxyl groups is 1. The lowest BCUT2D eigenvalue weighted by molar-refractivity contribution is -0.141. The summed E-state index contributed by atoms with van der Waals surface area (Å²) in [5, 5.41) is 21.1. The molecule has 0 aliphatic carbocycles. The van der Waals surface area contributed by atoms with Crippen LogP contribution in [0, 0.1) is 0 Å². The van der Waals surface area contributed by atoms with E-state index in [-0.39, 0.29) is 24.5 Å². The molecule has 0 unspecified atom stereocenters. The maximum Gasteiger partial charge on any atom is 0.326 e. The maximum absolute atomic E-state index is 12.1. The van der Waals surface area contributed by atoms with Crippen molar-refractivity contribution in [3.05, 3.63) is 59.7 Å². The van der Waals surface area contributed by atoms with E-state index in [9.17, 15) is 19.8 Å². The summed E-state index contributed by atoms with van der Waals surface area (Å²) in [5.74, 6) is -0.679. The summed E-state index contributed by atoms with van der Waals surface area (Å²) in [6.45, 7) is 0. The number of methoxy groups -OCH3 is 1. The van der Waals surface area contributed by atoms with Gasteiger partial charge in [-0.05, 0) is 35.4 Å². The molecule has 0 aliphatic heterocycles. The van der Waals surface area contributed by atoms with Crippen LogP contribution in [-0.4, -0.2) is 35.2 Å². The lowest BCUT2D eigenvalue weighted by Crippen LogP contribution is -2.43. The van der Waals surface area contributed by atoms with Crippen molar-refractivity contribution in [3.8, 4) is 11.5 Å². The van der Waals surface area contributed by atoms with Crippen molar-refractivity contribution in [3.63, 3.8) is 0 Å². The Labute approximate surface area is 139 Å². The highest BCUT2D eigenvalue weighted by Gasteiger charge is 2.20. The third kappa shape index (κ3) is 5.01. The first-order chi connectivity index (χ1) is 11.5. The van der Waals surface area contributed by atoms with E-state index in [1.807, 2.05) is 0 Å². The van der Waals surface area contributed by atoms with Crippen LogP contribution in [0.15, 0.2) is 48.5 Å². The highest BCUT2D eigenvalue weighted by Crippen LogP contribution is 2.13. The Morgan fingerprint density at radius 3 is 2.17 bits per heavy atom. The molecule has 24 heavy (non-hydrogen) atoms. The zero-order valence-corrected chi connectivity index (χ0v) is 13.2. The first kappa shape index (κ1) is 17.3. The lowest BCUT2D eigenvalue weighted by atomic mass is 10.1. The molecule has 6 nitrogen and oxygen atoms in total. The Morgan fingerprint density at radius 2 is 1.62 bits per heavy atom. The van der Waals surface area contributed by atoms with Gasteiger partial charge in [0.15, 0.2) is 0 Å². The highest BCUT2D eigenvalue weighted by molar-refractivity contribution is 5.85. The van der Waals surface area contributed by atoms with Gasteiger partial charge in [-0.2, -0.15) is 0 Å². The molecular formula is C18H19NO5. The quantitative estimate of drug-likeness (QED) is 0.719. The van der Waals surface area contributed by atoms with Gasteiger partial charge >= 0.3 is 5.97 Å². The average Bonchev–Trinajstić information content (AvgIpc) is 2.56. The van der Waals surface area contributed by atoms with E-state index in [4.69, 9.17) is 4.74 Å². The van der Waals surface area contributed by atoms with E-state index >= 15 is 0 Å². The predicted molar refractivity (Wildman–Crippen MR) is 88.1 cm³/mol. The largest absolute Gasteiger partial charge is 0.508 e. The molecule has 0 bridgehead atoms. The molecular weight excluding hydrogens is 310 g/mol. The van der Waals surface area contributed by atoms with Gasteiger partial charge in [0.05, 0.1) is 13.5 Å². The Bertz CT molecular complexity index is 694. The standard InChI is InChI=1S/C18H19NO5/c1-24-15-8-4-13(5-9-15)11-17(21)19-16(18(22)23)10-12-2-6-14(20)7-3-12/h2-9,16,20H,10-11H2,1H3,(H,19,21)(H,22,23)/t16-/m0/s1. The number of hydrogen-bond acceptors (Lipinski definition) is 4. The number of amides is 1. The Morgan fingerprint density at radius 1 is 1.04 bits per heavy atom. The minimum absolute atomic E-state index is 0.0867. The monoisotopic (exact) mass is 329 g/mol. The molecule has 2 aromatic rings. The van der Waals surface area contributed by atoms with Crippen molar-refractivity contribution >= 4 is 11.9 Å². The number of carboxylic acid groups (broad SMARTS) is 1. The topological polar surface area (TPSA) is 95.9 Å². The number of hydrogen-bond donors (Lipinski definition) is 3. The first-order valence-electron chi connectivity index (χ1n) is 7.41. The number of benzene rings is 2. The molecule has 0 heterocycles. The summed E-state index contributed by atoms with van der Waals surface area (Å²) in [7, 11) is 1.56. The molecule has 0 saturated heterocycles. The SMILES string of the molecule is COc1ccc(CC(=O)N[C@@H](Cc2ccc(O)cc2)C(=O)O)cc1. The van der Waals surface area contributed by atoms with Crippen LogP contribution >= 0.6 is 0 Å². The lowest BCUT2D eigenvalue weighted by Gasteiger charge is -2.15. The Balaban J connectivity index is 1.97. The zero-order chi connectivity index (χ0) is 17.5. The zero-order valence-electron chi connectivity index (χ0n) is 13.2. The molecule has 0 fully saturated rings. The fourth-order valence-electron chi connectivity index (χ4n) is 2.24. The Kier molecular flexibility index (Phi) is 5.78. The van der Waals surface area contributed by atoms with Crippen LogP contribution in [0.25, 0.3) is 0 Å². The van der Waals surface area contributed by atoms with E-state index < -0.39 is 12.0 Å².